The van der Waals surface area contributed by atoms with Gasteiger partial charge in [-0.05, 0) is 55.0 Å². The van der Waals surface area contributed by atoms with Crippen LogP contribution in [0.5, 0.6) is 5.75 Å². The first-order chi connectivity index (χ1) is 9.74. The average molecular weight is 267 g/mol. The van der Waals surface area contributed by atoms with Crippen molar-refractivity contribution in [1.29, 1.82) is 0 Å². The van der Waals surface area contributed by atoms with E-state index in [1.54, 1.807) is 0 Å². The summed E-state index contributed by atoms with van der Waals surface area (Å²) in [6, 6.07) is 16.6. The zero-order chi connectivity index (χ0) is 13.9. The van der Waals surface area contributed by atoms with Crippen molar-refractivity contribution in [3.63, 3.8) is 0 Å². The SMILES string of the molecule is CC(N)C(Oc1ccc2c(c1)CCC2)c1ccccc1. The van der Waals surface area contributed by atoms with Crippen molar-refractivity contribution in [2.24, 2.45) is 5.73 Å². The summed E-state index contributed by atoms with van der Waals surface area (Å²) >= 11 is 0. The second-order valence-corrected chi connectivity index (χ2v) is 5.59. The van der Waals surface area contributed by atoms with Gasteiger partial charge >= 0.3 is 0 Å². The lowest BCUT2D eigenvalue weighted by Crippen LogP contribution is -2.29. The largest absolute Gasteiger partial charge is 0.484 e. The second kappa shape index (κ2) is 5.68. The lowest BCUT2D eigenvalue weighted by atomic mass is 10.0. The Hall–Kier alpha value is -1.80. The number of hydrogen-bond donors (Lipinski definition) is 1. The zero-order valence-electron chi connectivity index (χ0n) is 11.9. The standard InChI is InChI=1S/C18H21NO/c1-13(19)18(15-6-3-2-4-7-15)20-17-11-10-14-8-5-9-16(14)12-17/h2-4,6-7,10-13,18H,5,8-9,19H2,1H3. The minimum absolute atomic E-state index is 0.0503. The third-order valence-electron chi connectivity index (χ3n) is 3.94. The van der Waals surface area contributed by atoms with Gasteiger partial charge in [0.05, 0.1) is 0 Å². The molecule has 0 aromatic heterocycles. The number of nitrogens with two attached hydrogens (primary N) is 1. The number of aryl methyl sites for hydroxylation is 2. The van der Waals surface area contributed by atoms with Gasteiger partial charge in [0.2, 0.25) is 0 Å². The summed E-state index contributed by atoms with van der Waals surface area (Å²) in [7, 11) is 0. The van der Waals surface area contributed by atoms with Crippen molar-refractivity contribution >= 4 is 0 Å². The van der Waals surface area contributed by atoms with Gasteiger partial charge in [0.25, 0.3) is 0 Å². The predicted molar refractivity (Wildman–Crippen MR) is 81.9 cm³/mol. The van der Waals surface area contributed by atoms with E-state index in [0.29, 0.717) is 0 Å². The van der Waals surface area contributed by atoms with Gasteiger partial charge in [0, 0.05) is 6.04 Å². The quantitative estimate of drug-likeness (QED) is 0.918. The van der Waals surface area contributed by atoms with Crippen molar-refractivity contribution in [2.45, 2.75) is 38.3 Å². The number of fused-ring (bicyclic) bond motifs is 1. The molecule has 2 aromatic rings. The Morgan fingerprint density at radius 1 is 1.00 bits per heavy atom. The van der Waals surface area contributed by atoms with Crippen molar-refractivity contribution in [1.82, 2.24) is 0 Å². The number of ether oxygens (including phenoxy) is 1. The van der Waals surface area contributed by atoms with Gasteiger partial charge in [-0.2, -0.15) is 0 Å². The van der Waals surface area contributed by atoms with E-state index in [-0.39, 0.29) is 12.1 Å². The molecule has 1 aliphatic rings. The molecule has 0 aliphatic heterocycles. The monoisotopic (exact) mass is 267 g/mol. The summed E-state index contributed by atoms with van der Waals surface area (Å²) < 4.78 is 6.16. The number of hydrogen-bond acceptors (Lipinski definition) is 2. The van der Waals surface area contributed by atoms with Gasteiger partial charge in [-0.3, -0.25) is 0 Å². The minimum Gasteiger partial charge on any atom is -0.484 e. The molecule has 0 saturated heterocycles. The zero-order valence-corrected chi connectivity index (χ0v) is 11.9. The van der Waals surface area contributed by atoms with E-state index < -0.39 is 0 Å². The summed E-state index contributed by atoms with van der Waals surface area (Å²) in [5.74, 6) is 0.928. The molecule has 2 aromatic carbocycles. The van der Waals surface area contributed by atoms with E-state index in [0.717, 1.165) is 11.3 Å². The number of rotatable bonds is 4. The van der Waals surface area contributed by atoms with Crippen LogP contribution in [0.3, 0.4) is 0 Å². The molecule has 0 saturated carbocycles. The Morgan fingerprint density at radius 2 is 1.75 bits per heavy atom. The van der Waals surface area contributed by atoms with Crippen LogP contribution in [-0.2, 0) is 12.8 Å². The highest BCUT2D eigenvalue weighted by atomic mass is 16.5. The number of benzene rings is 2. The fourth-order valence-electron chi connectivity index (χ4n) is 2.89. The first-order valence-electron chi connectivity index (χ1n) is 7.33. The fourth-order valence-corrected chi connectivity index (χ4v) is 2.89. The molecule has 0 heterocycles. The maximum absolute atomic E-state index is 6.16. The summed E-state index contributed by atoms with van der Waals surface area (Å²) in [4.78, 5) is 0. The van der Waals surface area contributed by atoms with Gasteiger partial charge in [-0.1, -0.05) is 36.4 Å². The normalized spacial score (nSPS) is 16.5. The first-order valence-corrected chi connectivity index (χ1v) is 7.33. The van der Waals surface area contributed by atoms with Crippen molar-refractivity contribution < 1.29 is 4.74 Å². The van der Waals surface area contributed by atoms with Crippen LogP contribution in [0.1, 0.15) is 36.1 Å². The van der Waals surface area contributed by atoms with Crippen LogP contribution >= 0.6 is 0 Å². The molecule has 2 atom stereocenters. The Bertz CT molecular complexity index is 577. The van der Waals surface area contributed by atoms with Crippen LogP contribution in [-0.4, -0.2) is 6.04 Å². The van der Waals surface area contributed by atoms with Crippen molar-refractivity contribution in [3.8, 4) is 5.75 Å². The first kappa shape index (κ1) is 13.2. The highest BCUT2D eigenvalue weighted by molar-refractivity contribution is 5.38. The van der Waals surface area contributed by atoms with Gasteiger partial charge in [0.15, 0.2) is 0 Å². The Balaban J connectivity index is 1.84. The summed E-state index contributed by atoms with van der Waals surface area (Å²) in [6.07, 6.45) is 3.52. The molecule has 0 spiro atoms. The van der Waals surface area contributed by atoms with Crippen LogP contribution in [0.4, 0.5) is 0 Å². The average Bonchev–Trinajstić information content (AvgIpc) is 2.93. The third-order valence-corrected chi connectivity index (χ3v) is 3.94. The molecule has 104 valence electrons. The smallest absolute Gasteiger partial charge is 0.138 e. The fraction of sp³-hybridized carbons (Fsp3) is 0.333. The molecule has 1 aliphatic carbocycles. The Kier molecular flexibility index (Phi) is 3.75. The summed E-state index contributed by atoms with van der Waals surface area (Å²) in [5, 5.41) is 0. The lowest BCUT2D eigenvalue weighted by Gasteiger charge is -2.23. The molecule has 3 rings (SSSR count). The van der Waals surface area contributed by atoms with Gasteiger partial charge in [-0.25, -0.2) is 0 Å². The molecule has 0 fully saturated rings. The maximum Gasteiger partial charge on any atom is 0.138 e. The van der Waals surface area contributed by atoms with Crippen LogP contribution in [0, 0.1) is 0 Å². The summed E-state index contributed by atoms with van der Waals surface area (Å²) in [6.45, 7) is 1.99. The molecular weight excluding hydrogens is 246 g/mol. The molecular formula is C18H21NO. The molecule has 2 heteroatoms. The second-order valence-electron chi connectivity index (χ2n) is 5.59. The molecule has 0 radical (unpaired) electrons. The third kappa shape index (κ3) is 2.70. The molecule has 0 bridgehead atoms. The van der Waals surface area contributed by atoms with Gasteiger partial charge in [-0.15, -0.1) is 0 Å². The van der Waals surface area contributed by atoms with Crippen molar-refractivity contribution in [3.05, 3.63) is 65.2 Å². The molecule has 2 unspecified atom stereocenters. The summed E-state index contributed by atoms with van der Waals surface area (Å²) in [5.41, 5.74) is 10.1. The minimum atomic E-state index is -0.101. The highest BCUT2D eigenvalue weighted by Crippen LogP contribution is 2.29. The van der Waals surface area contributed by atoms with Crippen LogP contribution in [0.15, 0.2) is 48.5 Å². The molecule has 2 nitrogen and oxygen atoms in total. The topological polar surface area (TPSA) is 35.2 Å². The molecule has 20 heavy (non-hydrogen) atoms. The molecule has 0 amide bonds. The van der Waals surface area contributed by atoms with E-state index in [1.807, 2.05) is 25.1 Å². The van der Waals surface area contributed by atoms with Crippen LogP contribution in [0.25, 0.3) is 0 Å². The van der Waals surface area contributed by atoms with Gasteiger partial charge < -0.3 is 10.5 Å². The maximum atomic E-state index is 6.16. The highest BCUT2D eigenvalue weighted by Gasteiger charge is 2.19. The van der Waals surface area contributed by atoms with Crippen molar-refractivity contribution in [2.75, 3.05) is 0 Å². The van der Waals surface area contributed by atoms with E-state index in [4.69, 9.17) is 10.5 Å². The van der Waals surface area contributed by atoms with E-state index in [1.165, 1.54) is 30.4 Å². The predicted octanol–water partition coefficient (Wildman–Crippen LogP) is 3.64. The van der Waals surface area contributed by atoms with E-state index >= 15 is 0 Å². The Morgan fingerprint density at radius 3 is 2.50 bits per heavy atom. The van der Waals surface area contributed by atoms with Crippen LogP contribution < -0.4 is 10.5 Å². The van der Waals surface area contributed by atoms with E-state index in [9.17, 15) is 0 Å². The lowest BCUT2D eigenvalue weighted by molar-refractivity contribution is 0.180. The van der Waals surface area contributed by atoms with Gasteiger partial charge in [0.1, 0.15) is 11.9 Å². The van der Waals surface area contributed by atoms with E-state index in [2.05, 4.69) is 30.3 Å². The Labute approximate surface area is 120 Å². The van der Waals surface area contributed by atoms with Crippen LogP contribution in [0.2, 0.25) is 0 Å². The molecule has 2 N–H and O–H groups in total.